The maximum Gasteiger partial charge on any atom is 0.253 e. The molecule has 0 aliphatic heterocycles. The van der Waals surface area contributed by atoms with E-state index in [1.54, 1.807) is 11.3 Å². The normalized spacial score (nSPS) is 32.5. The van der Waals surface area contributed by atoms with Crippen molar-refractivity contribution in [1.82, 2.24) is 5.32 Å². The van der Waals surface area contributed by atoms with Gasteiger partial charge in [0.15, 0.2) is 0 Å². The van der Waals surface area contributed by atoms with Gasteiger partial charge in [-0.2, -0.15) is 0 Å². The highest BCUT2D eigenvalue weighted by atomic mass is 79.9. The van der Waals surface area contributed by atoms with E-state index in [1.165, 1.54) is 19.3 Å². The molecule has 80 valence electrons. The van der Waals surface area contributed by atoms with Gasteiger partial charge in [-0.15, -0.1) is 11.3 Å². The molecule has 1 aromatic rings. The number of rotatable bonds is 2. The molecule has 1 N–H and O–H groups in total. The Bertz CT molecular complexity index is 393. The van der Waals surface area contributed by atoms with E-state index in [1.807, 2.05) is 11.4 Å². The van der Waals surface area contributed by atoms with Gasteiger partial charge in [0.25, 0.3) is 5.91 Å². The molecular weight excluding hydrogens is 274 g/mol. The summed E-state index contributed by atoms with van der Waals surface area (Å²) in [7, 11) is 0. The topological polar surface area (TPSA) is 29.1 Å². The molecule has 2 atom stereocenters. The van der Waals surface area contributed by atoms with Crippen LogP contribution in [0.15, 0.2) is 15.2 Å². The molecule has 2 unspecified atom stereocenters. The van der Waals surface area contributed by atoms with Gasteiger partial charge in [-0.25, -0.2) is 0 Å². The largest absolute Gasteiger partial charge is 0.349 e. The summed E-state index contributed by atoms with van der Waals surface area (Å²) in [5.41, 5.74) is 0.778. The quantitative estimate of drug-likeness (QED) is 0.889. The molecule has 2 fully saturated rings. The fraction of sp³-hybridized carbons (Fsp3) is 0.545. The van der Waals surface area contributed by atoms with Crippen molar-refractivity contribution < 1.29 is 4.79 Å². The molecule has 4 heteroatoms. The van der Waals surface area contributed by atoms with Gasteiger partial charge in [0, 0.05) is 6.04 Å². The number of hydrogen-bond acceptors (Lipinski definition) is 2. The van der Waals surface area contributed by atoms with Crippen molar-refractivity contribution in [3.8, 4) is 0 Å². The van der Waals surface area contributed by atoms with Crippen LogP contribution in [0.1, 0.15) is 29.6 Å². The highest BCUT2D eigenvalue weighted by molar-refractivity contribution is 9.11. The van der Waals surface area contributed by atoms with E-state index in [0.717, 1.165) is 21.2 Å². The molecule has 0 aromatic carbocycles. The van der Waals surface area contributed by atoms with E-state index in [2.05, 4.69) is 21.2 Å². The summed E-state index contributed by atoms with van der Waals surface area (Å²) in [5, 5.41) is 5.06. The van der Waals surface area contributed by atoms with Crippen LogP contribution in [0, 0.1) is 11.8 Å². The SMILES string of the molecule is O=C(NC1CC2CC2C1)c1ccsc1Br. The summed E-state index contributed by atoms with van der Waals surface area (Å²) in [6.45, 7) is 0. The van der Waals surface area contributed by atoms with E-state index in [4.69, 9.17) is 0 Å². The molecule has 2 nitrogen and oxygen atoms in total. The molecule has 1 heterocycles. The number of fused-ring (bicyclic) bond motifs is 1. The average molecular weight is 286 g/mol. The summed E-state index contributed by atoms with van der Waals surface area (Å²) < 4.78 is 0.933. The van der Waals surface area contributed by atoms with Gasteiger partial charge < -0.3 is 5.32 Å². The van der Waals surface area contributed by atoms with Crippen molar-refractivity contribution in [3.63, 3.8) is 0 Å². The number of nitrogens with one attached hydrogen (secondary N) is 1. The van der Waals surface area contributed by atoms with E-state index < -0.39 is 0 Å². The molecule has 0 spiro atoms. The first-order chi connectivity index (χ1) is 7.24. The Labute approximate surface area is 101 Å². The van der Waals surface area contributed by atoms with Gasteiger partial charge in [-0.3, -0.25) is 4.79 Å². The highest BCUT2D eigenvalue weighted by Crippen LogP contribution is 2.51. The lowest BCUT2D eigenvalue weighted by molar-refractivity contribution is 0.0935. The van der Waals surface area contributed by atoms with E-state index in [-0.39, 0.29) is 5.91 Å². The lowest BCUT2D eigenvalue weighted by Crippen LogP contribution is -2.33. The van der Waals surface area contributed by atoms with E-state index in [9.17, 15) is 4.79 Å². The van der Waals surface area contributed by atoms with Gasteiger partial charge >= 0.3 is 0 Å². The molecule has 1 aromatic heterocycles. The Morgan fingerprint density at radius 1 is 1.40 bits per heavy atom. The summed E-state index contributed by atoms with van der Waals surface area (Å²) in [6.07, 6.45) is 3.78. The smallest absolute Gasteiger partial charge is 0.253 e. The third-order valence-corrected chi connectivity index (χ3v) is 5.13. The number of thiophene rings is 1. The van der Waals surface area contributed by atoms with Gasteiger partial charge in [-0.05, 0) is 58.5 Å². The first-order valence-electron chi connectivity index (χ1n) is 5.28. The molecule has 0 bridgehead atoms. The number of carbonyl (C=O) groups excluding carboxylic acids is 1. The minimum Gasteiger partial charge on any atom is -0.349 e. The molecule has 0 radical (unpaired) electrons. The zero-order chi connectivity index (χ0) is 10.4. The van der Waals surface area contributed by atoms with Crippen LogP contribution >= 0.6 is 27.3 Å². The van der Waals surface area contributed by atoms with Gasteiger partial charge in [0.05, 0.1) is 9.35 Å². The monoisotopic (exact) mass is 285 g/mol. The molecule has 1 amide bonds. The van der Waals surface area contributed by atoms with Crippen LogP contribution in [0.5, 0.6) is 0 Å². The number of amides is 1. The summed E-state index contributed by atoms with van der Waals surface area (Å²) in [5.74, 6) is 1.91. The first-order valence-corrected chi connectivity index (χ1v) is 6.95. The van der Waals surface area contributed by atoms with Crippen molar-refractivity contribution in [1.29, 1.82) is 0 Å². The van der Waals surface area contributed by atoms with Crippen LogP contribution in [0.2, 0.25) is 0 Å². The summed E-state index contributed by atoms with van der Waals surface area (Å²) >= 11 is 4.95. The lowest BCUT2D eigenvalue weighted by Gasteiger charge is -2.13. The van der Waals surface area contributed by atoms with Gasteiger partial charge in [0.2, 0.25) is 0 Å². The Morgan fingerprint density at radius 3 is 2.73 bits per heavy atom. The second kappa shape index (κ2) is 3.59. The summed E-state index contributed by atoms with van der Waals surface area (Å²) in [6, 6.07) is 2.30. The van der Waals surface area contributed by atoms with Crippen LogP contribution in [-0.4, -0.2) is 11.9 Å². The Kier molecular flexibility index (Phi) is 2.36. The Morgan fingerprint density at radius 2 is 2.13 bits per heavy atom. The molecule has 3 rings (SSSR count). The van der Waals surface area contributed by atoms with Crippen molar-refractivity contribution in [2.75, 3.05) is 0 Å². The predicted molar refractivity (Wildman–Crippen MR) is 64.1 cm³/mol. The predicted octanol–water partition coefficient (Wildman–Crippen LogP) is 3.04. The lowest BCUT2D eigenvalue weighted by atomic mass is 10.1. The second-order valence-electron chi connectivity index (χ2n) is 4.51. The first kappa shape index (κ1) is 9.85. The molecule has 2 aliphatic rings. The maximum absolute atomic E-state index is 11.9. The fourth-order valence-electron chi connectivity index (χ4n) is 2.55. The fourth-order valence-corrected chi connectivity index (χ4v) is 3.80. The van der Waals surface area contributed by atoms with Crippen LogP contribution < -0.4 is 5.32 Å². The van der Waals surface area contributed by atoms with Crippen LogP contribution in [-0.2, 0) is 0 Å². The van der Waals surface area contributed by atoms with Crippen LogP contribution in [0.3, 0.4) is 0 Å². The van der Waals surface area contributed by atoms with Crippen LogP contribution in [0.25, 0.3) is 0 Å². The third-order valence-electron chi connectivity index (χ3n) is 3.44. The minimum absolute atomic E-state index is 0.0782. The standard InChI is InChI=1S/C11H12BrNOS/c12-10-9(1-2-15-10)11(14)13-8-4-6-3-7(6)5-8/h1-2,6-8H,3-5H2,(H,13,14). The van der Waals surface area contributed by atoms with Crippen molar-refractivity contribution in [2.45, 2.75) is 25.3 Å². The molecule has 2 aliphatic carbocycles. The molecule has 15 heavy (non-hydrogen) atoms. The number of hydrogen-bond donors (Lipinski definition) is 1. The zero-order valence-electron chi connectivity index (χ0n) is 8.20. The van der Waals surface area contributed by atoms with Gasteiger partial charge in [0.1, 0.15) is 0 Å². The Hall–Kier alpha value is -0.350. The second-order valence-corrected chi connectivity index (χ2v) is 6.74. The van der Waals surface area contributed by atoms with Crippen molar-refractivity contribution >= 4 is 33.2 Å². The van der Waals surface area contributed by atoms with E-state index >= 15 is 0 Å². The third kappa shape index (κ3) is 1.85. The average Bonchev–Trinajstić information content (AvgIpc) is 2.61. The maximum atomic E-state index is 11.9. The molecule has 2 saturated carbocycles. The minimum atomic E-state index is 0.0782. The number of halogens is 1. The summed E-state index contributed by atoms with van der Waals surface area (Å²) in [4.78, 5) is 11.9. The van der Waals surface area contributed by atoms with E-state index in [0.29, 0.717) is 6.04 Å². The Balaban J connectivity index is 1.64. The molecule has 0 saturated heterocycles. The van der Waals surface area contributed by atoms with Crippen molar-refractivity contribution in [2.24, 2.45) is 11.8 Å². The highest BCUT2D eigenvalue weighted by Gasteiger charge is 2.46. The molecular formula is C11H12BrNOS. The van der Waals surface area contributed by atoms with Crippen molar-refractivity contribution in [3.05, 3.63) is 20.8 Å². The van der Waals surface area contributed by atoms with Crippen LogP contribution in [0.4, 0.5) is 0 Å². The van der Waals surface area contributed by atoms with Gasteiger partial charge in [-0.1, -0.05) is 0 Å². The zero-order valence-corrected chi connectivity index (χ0v) is 10.6. The number of carbonyl (C=O) groups is 1.